The largest absolute Gasteiger partial charge is 0.502 e. The summed E-state index contributed by atoms with van der Waals surface area (Å²) in [4.78, 5) is 11.4. The molecule has 1 aliphatic rings. The highest BCUT2D eigenvalue weighted by molar-refractivity contribution is 5.72. The SMILES string of the molecule is C=COCCCNC1CCCC(C(=O)OC)C1. The van der Waals surface area contributed by atoms with Crippen molar-refractivity contribution in [2.45, 2.75) is 38.1 Å². The highest BCUT2D eigenvalue weighted by Gasteiger charge is 2.27. The number of rotatable bonds is 7. The van der Waals surface area contributed by atoms with Crippen molar-refractivity contribution in [1.29, 1.82) is 0 Å². The van der Waals surface area contributed by atoms with E-state index in [1.807, 2.05) is 0 Å². The Bertz CT molecular complexity index is 243. The van der Waals surface area contributed by atoms with Gasteiger partial charge in [-0.15, -0.1) is 0 Å². The molecule has 17 heavy (non-hydrogen) atoms. The van der Waals surface area contributed by atoms with Gasteiger partial charge >= 0.3 is 5.97 Å². The fraction of sp³-hybridized carbons (Fsp3) is 0.769. The van der Waals surface area contributed by atoms with Gasteiger partial charge in [-0.25, -0.2) is 0 Å². The average Bonchev–Trinajstić information content (AvgIpc) is 2.38. The number of methoxy groups -OCH3 is 1. The maximum atomic E-state index is 11.4. The van der Waals surface area contributed by atoms with Crippen LogP contribution in [0.1, 0.15) is 32.1 Å². The number of esters is 1. The zero-order valence-corrected chi connectivity index (χ0v) is 10.6. The lowest BCUT2D eigenvalue weighted by atomic mass is 9.86. The Labute approximate surface area is 103 Å². The molecule has 0 heterocycles. The molecule has 2 unspecified atom stereocenters. The standard InChI is InChI=1S/C13H23NO3/c1-3-17-9-5-8-14-12-7-4-6-11(10-12)13(15)16-2/h3,11-12,14H,1,4-10H2,2H3. The molecule has 0 saturated heterocycles. The van der Waals surface area contributed by atoms with Crippen molar-refractivity contribution in [3.8, 4) is 0 Å². The molecule has 2 atom stereocenters. The van der Waals surface area contributed by atoms with Gasteiger partial charge in [-0.1, -0.05) is 13.0 Å². The Morgan fingerprint density at radius 1 is 1.53 bits per heavy atom. The van der Waals surface area contributed by atoms with Crippen molar-refractivity contribution < 1.29 is 14.3 Å². The van der Waals surface area contributed by atoms with Gasteiger partial charge < -0.3 is 14.8 Å². The summed E-state index contributed by atoms with van der Waals surface area (Å²) >= 11 is 0. The summed E-state index contributed by atoms with van der Waals surface area (Å²) in [5.74, 6) is 0.0159. The van der Waals surface area contributed by atoms with E-state index in [4.69, 9.17) is 9.47 Å². The molecule has 1 aliphatic carbocycles. The normalized spacial score (nSPS) is 24.1. The fourth-order valence-electron chi connectivity index (χ4n) is 2.30. The molecule has 0 aromatic heterocycles. The van der Waals surface area contributed by atoms with Crippen molar-refractivity contribution in [1.82, 2.24) is 5.32 Å². The van der Waals surface area contributed by atoms with Gasteiger partial charge in [0.05, 0.1) is 25.9 Å². The third-order valence-corrected chi connectivity index (χ3v) is 3.20. The molecule has 4 nitrogen and oxygen atoms in total. The highest BCUT2D eigenvalue weighted by atomic mass is 16.5. The van der Waals surface area contributed by atoms with Gasteiger partial charge in [-0.05, 0) is 32.2 Å². The molecule has 0 aromatic carbocycles. The van der Waals surface area contributed by atoms with Gasteiger partial charge in [-0.3, -0.25) is 4.79 Å². The Kier molecular flexibility index (Phi) is 6.70. The van der Waals surface area contributed by atoms with Gasteiger partial charge in [-0.2, -0.15) is 0 Å². The number of carbonyl (C=O) groups is 1. The molecule has 4 heteroatoms. The van der Waals surface area contributed by atoms with Crippen LogP contribution in [0.4, 0.5) is 0 Å². The minimum atomic E-state index is -0.0634. The van der Waals surface area contributed by atoms with Crippen LogP contribution >= 0.6 is 0 Å². The molecule has 0 aromatic rings. The van der Waals surface area contributed by atoms with E-state index >= 15 is 0 Å². The first-order chi connectivity index (χ1) is 8.27. The van der Waals surface area contributed by atoms with E-state index in [9.17, 15) is 4.79 Å². The first-order valence-corrected chi connectivity index (χ1v) is 6.31. The number of nitrogens with one attached hydrogen (secondary N) is 1. The summed E-state index contributed by atoms with van der Waals surface area (Å²) in [5, 5.41) is 3.47. The van der Waals surface area contributed by atoms with Gasteiger partial charge in [0, 0.05) is 6.04 Å². The van der Waals surface area contributed by atoms with Crippen molar-refractivity contribution in [3.05, 3.63) is 12.8 Å². The zero-order chi connectivity index (χ0) is 12.5. The second kappa shape index (κ2) is 8.12. The minimum absolute atomic E-state index is 0.0634. The smallest absolute Gasteiger partial charge is 0.308 e. The second-order valence-electron chi connectivity index (χ2n) is 4.43. The lowest BCUT2D eigenvalue weighted by Crippen LogP contribution is -2.37. The monoisotopic (exact) mass is 241 g/mol. The summed E-state index contributed by atoms with van der Waals surface area (Å²) in [5.41, 5.74) is 0. The van der Waals surface area contributed by atoms with Crippen molar-refractivity contribution >= 4 is 5.97 Å². The van der Waals surface area contributed by atoms with Crippen molar-refractivity contribution in [3.63, 3.8) is 0 Å². The van der Waals surface area contributed by atoms with Gasteiger partial charge in [0.2, 0.25) is 0 Å². The molecule has 0 spiro atoms. The van der Waals surface area contributed by atoms with Crippen LogP contribution in [-0.4, -0.2) is 32.3 Å². The third-order valence-electron chi connectivity index (χ3n) is 3.20. The Hall–Kier alpha value is -1.03. The Morgan fingerprint density at radius 3 is 3.06 bits per heavy atom. The van der Waals surface area contributed by atoms with E-state index in [2.05, 4.69) is 11.9 Å². The molecule has 1 saturated carbocycles. The van der Waals surface area contributed by atoms with Crippen LogP contribution in [0.3, 0.4) is 0 Å². The molecular weight excluding hydrogens is 218 g/mol. The average molecular weight is 241 g/mol. The number of carbonyl (C=O) groups excluding carboxylic acids is 1. The zero-order valence-electron chi connectivity index (χ0n) is 10.6. The lowest BCUT2D eigenvalue weighted by Gasteiger charge is -2.28. The summed E-state index contributed by atoms with van der Waals surface area (Å²) in [6.07, 6.45) is 6.54. The first-order valence-electron chi connectivity index (χ1n) is 6.31. The Balaban J connectivity index is 2.16. The molecule has 0 amide bonds. The van der Waals surface area contributed by atoms with Crippen LogP contribution in [0, 0.1) is 5.92 Å². The summed E-state index contributed by atoms with van der Waals surface area (Å²) in [6, 6.07) is 0.441. The second-order valence-corrected chi connectivity index (χ2v) is 4.43. The van der Waals surface area contributed by atoms with Crippen LogP contribution < -0.4 is 5.32 Å². The Morgan fingerprint density at radius 2 is 2.35 bits per heavy atom. The van der Waals surface area contributed by atoms with E-state index < -0.39 is 0 Å². The molecule has 1 rings (SSSR count). The highest BCUT2D eigenvalue weighted by Crippen LogP contribution is 2.25. The van der Waals surface area contributed by atoms with Crippen LogP contribution in [-0.2, 0) is 14.3 Å². The predicted octanol–water partition coefficient (Wildman–Crippen LogP) is 1.86. The van der Waals surface area contributed by atoms with Crippen LogP contribution in [0.2, 0.25) is 0 Å². The van der Waals surface area contributed by atoms with E-state index in [-0.39, 0.29) is 11.9 Å². The van der Waals surface area contributed by atoms with Crippen LogP contribution in [0.15, 0.2) is 12.8 Å². The van der Waals surface area contributed by atoms with Crippen molar-refractivity contribution in [2.75, 3.05) is 20.3 Å². The summed E-state index contributed by atoms with van der Waals surface area (Å²) < 4.78 is 9.85. The number of ether oxygens (including phenoxy) is 2. The van der Waals surface area contributed by atoms with Crippen LogP contribution in [0.5, 0.6) is 0 Å². The fourth-order valence-corrected chi connectivity index (χ4v) is 2.30. The van der Waals surface area contributed by atoms with Gasteiger partial charge in [0.25, 0.3) is 0 Å². The maximum absolute atomic E-state index is 11.4. The molecular formula is C13H23NO3. The summed E-state index contributed by atoms with van der Waals surface area (Å²) in [6.45, 7) is 5.11. The topological polar surface area (TPSA) is 47.6 Å². The molecule has 0 bridgehead atoms. The quantitative estimate of drug-likeness (QED) is 0.420. The predicted molar refractivity (Wildman–Crippen MR) is 66.5 cm³/mol. The van der Waals surface area contributed by atoms with E-state index in [0.717, 1.165) is 38.6 Å². The lowest BCUT2D eigenvalue weighted by molar-refractivity contribution is -0.146. The van der Waals surface area contributed by atoms with Crippen LogP contribution in [0.25, 0.3) is 0 Å². The van der Waals surface area contributed by atoms with Gasteiger partial charge in [0.1, 0.15) is 0 Å². The van der Waals surface area contributed by atoms with Gasteiger partial charge in [0.15, 0.2) is 0 Å². The van der Waals surface area contributed by atoms with E-state index in [1.165, 1.54) is 13.4 Å². The van der Waals surface area contributed by atoms with E-state index in [0.29, 0.717) is 12.6 Å². The van der Waals surface area contributed by atoms with E-state index in [1.54, 1.807) is 0 Å². The first kappa shape index (κ1) is 14.0. The molecule has 0 aliphatic heterocycles. The third kappa shape index (κ3) is 5.22. The maximum Gasteiger partial charge on any atom is 0.308 e. The summed E-state index contributed by atoms with van der Waals surface area (Å²) in [7, 11) is 1.46. The molecule has 1 N–H and O–H groups in total. The molecule has 0 radical (unpaired) electrons. The number of hydrogen-bond acceptors (Lipinski definition) is 4. The van der Waals surface area contributed by atoms with Crippen molar-refractivity contribution in [2.24, 2.45) is 5.92 Å². The minimum Gasteiger partial charge on any atom is -0.502 e. The molecule has 1 fully saturated rings. The molecule has 98 valence electrons. The number of hydrogen-bond donors (Lipinski definition) is 1.